The van der Waals surface area contributed by atoms with E-state index in [2.05, 4.69) is 5.32 Å². The zero-order valence-corrected chi connectivity index (χ0v) is 18.1. The summed E-state index contributed by atoms with van der Waals surface area (Å²) < 4.78 is 5.30. The van der Waals surface area contributed by atoms with Gasteiger partial charge in [-0.15, -0.1) is 0 Å². The van der Waals surface area contributed by atoms with E-state index in [1.54, 1.807) is 18.9 Å². The fraction of sp³-hybridized carbons (Fsp3) is 0.417. The van der Waals surface area contributed by atoms with Crippen molar-refractivity contribution in [3.05, 3.63) is 65.2 Å². The molecule has 2 aromatic rings. The van der Waals surface area contributed by atoms with Crippen molar-refractivity contribution in [3.8, 4) is 5.75 Å². The molecule has 0 saturated heterocycles. The van der Waals surface area contributed by atoms with Crippen LogP contribution in [0.5, 0.6) is 5.75 Å². The van der Waals surface area contributed by atoms with Gasteiger partial charge < -0.3 is 15.0 Å². The standard InChI is InChI=1S/C24H32N2O3/c1-6-18(3)25-24(28)19(4)26(16-20-11-9-13-22(14-20)29-5)23(27)15-21-12-8-7-10-17(21)2/h7-14,18-19H,6,15-16H2,1-5H3,(H,25,28). The number of hydrogen-bond donors (Lipinski definition) is 1. The lowest BCUT2D eigenvalue weighted by atomic mass is 10.0. The first-order valence-electron chi connectivity index (χ1n) is 10.1. The molecule has 2 amide bonds. The Labute approximate surface area is 174 Å². The number of rotatable bonds is 9. The Morgan fingerprint density at radius 1 is 1.10 bits per heavy atom. The summed E-state index contributed by atoms with van der Waals surface area (Å²) in [4.78, 5) is 27.7. The minimum absolute atomic E-state index is 0.0649. The number of ether oxygens (including phenoxy) is 1. The van der Waals surface area contributed by atoms with Gasteiger partial charge in [-0.25, -0.2) is 0 Å². The number of carbonyl (C=O) groups excluding carboxylic acids is 2. The van der Waals surface area contributed by atoms with Gasteiger partial charge in [-0.2, -0.15) is 0 Å². The van der Waals surface area contributed by atoms with Gasteiger partial charge in [0.1, 0.15) is 11.8 Å². The number of methoxy groups -OCH3 is 1. The topological polar surface area (TPSA) is 58.6 Å². The smallest absolute Gasteiger partial charge is 0.242 e. The summed E-state index contributed by atoms with van der Waals surface area (Å²) in [7, 11) is 1.61. The van der Waals surface area contributed by atoms with Gasteiger partial charge in [0.15, 0.2) is 0 Å². The van der Waals surface area contributed by atoms with Crippen molar-refractivity contribution in [1.82, 2.24) is 10.2 Å². The van der Waals surface area contributed by atoms with Gasteiger partial charge in [-0.1, -0.05) is 43.3 Å². The van der Waals surface area contributed by atoms with Crippen LogP contribution in [0.4, 0.5) is 0 Å². The maximum atomic E-state index is 13.2. The summed E-state index contributed by atoms with van der Waals surface area (Å²) in [5.74, 6) is 0.514. The van der Waals surface area contributed by atoms with E-state index >= 15 is 0 Å². The molecule has 0 aromatic heterocycles. The highest BCUT2D eigenvalue weighted by atomic mass is 16.5. The van der Waals surface area contributed by atoms with Crippen molar-refractivity contribution in [2.45, 2.75) is 59.2 Å². The lowest BCUT2D eigenvalue weighted by molar-refractivity contribution is -0.140. The quantitative estimate of drug-likeness (QED) is 0.700. The van der Waals surface area contributed by atoms with Gasteiger partial charge in [-0.3, -0.25) is 9.59 Å². The van der Waals surface area contributed by atoms with Crippen LogP contribution in [0.15, 0.2) is 48.5 Å². The van der Waals surface area contributed by atoms with Crippen molar-refractivity contribution in [2.24, 2.45) is 0 Å². The third kappa shape index (κ3) is 6.34. The van der Waals surface area contributed by atoms with Crippen LogP contribution in [0.3, 0.4) is 0 Å². The lowest BCUT2D eigenvalue weighted by Gasteiger charge is -2.30. The van der Waals surface area contributed by atoms with E-state index in [1.807, 2.05) is 69.3 Å². The minimum Gasteiger partial charge on any atom is -0.497 e. The largest absolute Gasteiger partial charge is 0.497 e. The molecule has 0 aliphatic heterocycles. The van der Waals surface area contributed by atoms with Crippen molar-refractivity contribution < 1.29 is 14.3 Å². The lowest BCUT2D eigenvalue weighted by Crippen LogP contribution is -2.49. The van der Waals surface area contributed by atoms with Crippen LogP contribution in [0, 0.1) is 6.92 Å². The maximum absolute atomic E-state index is 13.2. The summed E-state index contributed by atoms with van der Waals surface area (Å²) in [5.41, 5.74) is 2.97. The van der Waals surface area contributed by atoms with E-state index in [4.69, 9.17) is 4.74 Å². The third-order valence-corrected chi connectivity index (χ3v) is 5.26. The fourth-order valence-electron chi connectivity index (χ4n) is 3.09. The molecule has 0 bridgehead atoms. The molecule has 0 fully saturated rings. The van der Waals surface area contributed by atoms with Crippen LogP contribution in [0.2, 0.25) is 0 Å². The van der Waals surface area contributed by atoms with E-state index in [-0.39, 0.29) is 24.3 Å². The van der Waals surface area contributed by atoms with Crippen LogP contribution >= 0.6 is 0 Å². The fourth-order valence-corrected chi connectivity index (χ4v) is 3.09. The first kappa shape index (κ1) is 22.5. The van der Waals surface area contributed by atoms with Crippen LogP contribution < -0.4 is 10.1 Å². The molecule has 2 rings (SSSR count). The molecule has 29 heavy (non-hydrogen) atoms. The Hall–Kier alpha value is -2.82. The monoisotopic (exact) mass is 396 g/mol. The summed E-state index contributed by atoms with van der Waals surface area (Å²) in [6.45, 7) is 8.11. The maximum Gasteiger partial charge on any atom is 0.242 e. The summed E-state index contributed by atoms with van der Waals surface area (Å²) in [5, 5.41) is 2.99. The average Bonchev–Trinajstić information content (AvgIpc) is 2.73. The van der Waals surface area contributed by atoms with Crippen molar-refractivity contribution in [3.63, 3.8) is 0 Å². The summed E-state index contributed by atoms with van der Waals surface area (Å²) in [6.07, 6.45) is 1.10. The van der Waals surface area contributed by atoms with Crippen molar-refractivity contribution in [2.75, 3.05) is 7.11 Å². The summed E-state index contributed by atoms with van der Waals surface area (Å²) in [6, 6.07) is 14.9. The van der Waals surface area contributed by atoms with Gasteiger partial charge in [0.2, 0.25) is 11.8 Å². The van der Waals surface area contributed by atoms with Crippen molar-refractivity contribution in [1.29, 1.82) is 0 Å². The Balaban J connectivity index is 2.26. The Bertz CT molecular complexity index is 834. The first-order chi connectivity index (χ1) is 13.8. The molecule has 1 N–H and O–H groups in total. The van der Waals surface area contributed by atoms with Crippen molar-refractivity contribution >= 4 is 11.8 Å². The minimum atomic E-state index is -0.577. The second kappa shape index (κ2) is 10.6. The molecule has 2 aromatic carbocycles. The molecule has 5 nitrogen and oxygen atoms in total. The van der Waals surface area contributed by atoms with E-state index in [9.17, 15) is 9.59 Å². The second-order valence-electron chi connectivity index (χ2n) is 7.47. The molecule has 0 heterocycles. The van der Waals surface area contributed by atoms with E-state index < -0.39 is 6.04 Å². The molecule has 5 heteroatoms. The number of nitrogens with one attached hydrogen (secondary N) is 1. The molecule has 0 saturated carbocycles. The highest BCUT2D eigenvalue weighted by Crippen LogP contribution is 2.18. The second-order valence-corrected chi connectivity index (χ2v) is 7.47. The summed E-state index contributed by atoms with van der Waals surface area (Å²) >= 11 is 0. The van der Waals surface area contributed by atoms with Crippen LogP contribution in [-0.2, 0) is 22.6 Å². The molecular formula is C24H32N2O3. The Kier molecular flexibility index (Phi) is 8.25. The highest BCUT2D eigenvalue weighted by molar-refractivity contribution is 5.88. The van der Waals surface area contributed by atoms with Crippen LogP contribution in [0.25, 0.3) is 0 Å². The third-order valence-electron chi connectivity index (χ3n) is 5.26. The van der Waals surface area contributed by atoms with Crippen LogP contribution in [-0.4, -0.2) is 35.9 Å². The zero-order chi connectivity index (χ0) is 21.4. The number of benzene rings is 2. The van der Waals surface area contributed by atoms with Gasteiger partial charge in [-0.05, 0) is 56.0 Å². The van der Waals surface area contributed by atoms with E-state index in [0.29, 0.717) is 6.54 Å². The molecule has 0 spiro atoms. The predicted octanol–water partition coefficient (Wildman–Crippen LogP) is 3.88. The van der Waals surface area contributed by atoms with Crippen LogP contribution in [0.1, 0.15) is 43.9 Å². The van der Waals surface area contributed by atoms with Gasteiger partial charge >= 0.3 is 0 Å². The highest BCUT2D eigenvalue weighted by Gasteiger charge is 2.27. The van der Waals surface area contributed by atoms with Gasteiger partial charge in [0.05, 0.1) is 13.5 Å². The Morgan fingerprint density at radius 3 is 2.48 bits per heavy atom. The molecule has 2 atom stereocenters. The van der Waals surface area contributed by atoms with E-state index in [0.717, 1.165) is 28.9 Å². The SMILES string of the molecule is CCC(C)NC(=O)C(C)N(Cc1cccc(OC)c1)C(=O)Cc1ccccc1C. The van der Waals surface area contributed by atoms with Gasteiger partial charge in [0, 0.05) is 12.6 Å². The molecule has 0 aliphatic carbocycles. The van der Waals surface area contributed by atoms with E-state index in [1.165, 1.54) is 0 Å². The number of aryl methyl sites for hydroxylation is 1. The van der Waals surface area contributed by atoms with Gasteiger partial charge in [0.25, 0.3) is 0 Å². The molecule has 0 aliphatic rings. The molecular weight excluding hydrogens is 364 g/mol. The Morgan fingerprint density at radius 2 is 1.83 bits per heavy atom. The number of hydrogen-bond acceptors (Lipinski definition) is 3. The average molecular weight is 397 g/mol. The normalized spacial score (nSPS) is 12.7. The predicted molar refractivity (Wildman–Crippen MR) is 116 cm³/mol. The molecule has 2 unspecified atom stereocenters. The number of nitrogens with zero attached hydrogens (tertiary/aromatic N) is 1. The molecule has 156 valence electrons. The number of carbonyl (C=O) groups is 2. The number of amides is 2. The zero-order valence-electron chi connectivity index (χ0n) is 18.1. The first-order valence-corrected chi connectivity index (χ1v) is 10.1. The molecule has 0 radical (unpaired) electrons.